The summed E-state index contributed by atoms with van der Waals surface area (Å²) < 4.78 is 32.2. The summed E-state index contributed by atoms with van der Waals surface area (Å²) in [7, 11) is -1.95. The predicted molar refractivity (Wildman–Crippen MR) is 192 cm³/mol. The van der Waals surface area contributed by atoms with E-state index in [0.717, 1.165) is 22.2 Å². The van der Waals surface area contributed by atoms with Crippen molar-refractivity contribution in [1.29, 1.82) is 0 Å². The van der Waals surface area contributed by atoms with Crippen LogP contribution in [0.15, 0.2) is 9.59 Å². The van der Waals surface area contributed by atoms with Crippen molar-refractivity contribution in [1.82, 2.24) is 54.2 Å². The molecule has 0 spiro atoms. The highest BCUT2D eigenvalue weighted by Crippen LogP contribution is 2.52. The molecule has 2 saturated heterocycles. The molecule has 4 aromatic rings. The van der Waals surface area contributed by atoms with Crippen molar-refractivity contribution in [2.45, 2.75) is 142 Å². The first-order chi connectivity index (χ1) is 26.0. The quantitative estimate of drug-likeness (QED) is 0.106. The molecule has 298 valence electrons. The van der Waals surface area contributed by atoms with Gasteiger partial charge in [0.1, 0.15) is 36.7 Å². The standard InChI is InChI=1S/C32H50N11O10P/c1-7-9-19-27-29(39(15-46)35-19)31(48)41(37-33-27)25-11-21(23(13-44)50-25)52-54(43(17(3)4)18(5)6)53-22-12-26(51-24(22)14-45)42-32(49)30-28(34-38-42)20(10-8-2)36-40(30)16-47/h17-18,21-26,44-47H,7-16H2,1-6H3. The Morgan fingerprint density at radius 3 is 1.48 bits per heavy atom. The van der Waals surface area contributed by atoms with Gasteiger partial charge in [0.15, 0.2) is 23.5 Å². The maximum atomic E-state index is 13.7. The third kappa shape index (κ3) is 7.58. The van der Waals surface area contributed by atoms with Gasteiger partial charge in [0, 0.05) is 24.9 Å². The van der Waals surface area contributed by atoms with E-state index in [4.69, 9.17) is 18.5 Å². The maximum absolute atomic E-state index is 13.7. The Kier molecular flexibility index (Phi) is 12.8. The monoisotopic (exact) mass is 779 g/mol. The van der Waals surface area contributed by atoms with Crippen LogP contribution < -0.4 is 11.1 Å². The Labute approximate surface area is 311 Å². The Morgan fingerprint density at radius 1 is 0.741 bits per heavy atom. The Hall–Kier alpha value is -3.37. The fourth-order valence-electron chi connectivity index (χ4n) is 7.10. The summed E-state index contributed by atoms with van der Waals surface area (Å²) in [6.07, 6.45) is -2.41. The summed E-state index contributed by atoms with van der Waals surface area (Å²) in [6.45, 7) is 9.96. The van der Waals surface area contributed by atoms with Crippen molar-refractivity contribution in [3.8, 4) is 0 Å². The van der Waals surface area contributed by atoms with Gasteiger partial charge < -0.3 is 38.9 Å². The highest BCUT2D eigenvalue weighted by molar-refractivity contribution is 7.44. The van der Waals surface area contributed by atoms with Crippen molar-refractivity contribution in [2.75, 3.05) is 13.2 Å². The van der Waals surface area contributed by atoms with Crippen LogP contribution in [0.4, 0.5) is 0 Å². The molecule has 6 atom stereocenters. The molecule has 2 aliphatic heterocycles. The smallest absolute Gasteiger partial charge is 0.298 e. The van der Waals surface area contributed by atoms with E-state index in [0.29, 0.717) is 35.3 Å². The van der Waals surface area contributed by atoms with Gasteiger partial charge in [0.05, 0.1) is 36.8 Å². The zero-order valence-corrected chi connectivity index (χ0v) is 32.2. The number of hydrogen-bond acceptors (Lipinski definition) is 17. The minimum absolute atomic E-state index is 0.0774. The second kappa shape index (κ2) is 17.2. The van der Waals surface area contributed by atoms with Gasteiger partial charge in [0.25, 0.3) is 19.6 Å². The first-order valence-corrected chi connectivity index (χ1v) is 19.5. The number of aryl methyl sites for hydroxylation is 2. The summed E-state index contributed by atoms with van der Waals surface area (Å²) in [6, 6.07) is -0.155. The Bertz CT molecular complexity index is 1880. The molecule has 6 unspecified atom stereocenters. The molecule has 0 amide bonds. The van der Waals surface area contributed by atoms with Gasteiger partial charge in [-0.25, -0.2) is 14.0 Å². The molecule has 4 aromatic heterocycles. The second-order valence-corrected chi connectivity index (χ2v) is 15.3. The van der Waals surface area contributed by atoms with E-state index in [2.05, 4.69) is 30.8 Å². The number of aliphatic hydroxyl groups is 4. The largest absolute Gasteiger partial charge is 0.394 e. The molecule has 0 aliphatic carbocycles. The fourth-order valence-corrected chi connectivity index (χ4v) is 9.03. The van der Waals surface area contributed by atoms with Gasteiger partial charge in [-0.3, -0.25) is 9.59 Å². The van der Waals surface area contributed by atoms with E-state index in [1.54, 1.807) is 0 Å². The number of hydrogen-bond donors (Lipinski definition) is 4. The van der Waals surface area contributed by atoms with Gasteiger partial charge in [-0.05, 0) is 40.5 Å². The Morgan fingerprint density at radius 2 is 1.15 bits per heavy atom. The third-order valence-corrected chi connectivity index (χ3v) is 11.7. The van der Waals surface area contributed by atoms with Crippen LogP contribution in [0.1, 0.15) is 91.1 Å². The number of rotatable bonds is 17. The molecular weight excluding hydrogens is 729 g/mol. The molecule has 2 fully saturated rings. The van der Waals surface area contributed by atoms with E-state index in [1.165, 1.54) is 9.36 Å². The van der Waals surface area contributed by atoms with Gasteiger partial charge in [-0.15, -0.1) is 10.2 Å². The van der Waals surface area contributed by atoms with E-state index < -0.39 is 83.2 Å². The van der Waals surface area contributed by atoms with Crippen LogP contribution in [-0.4, -0.2) is 124 Å². The first kappa shape index (κ1) is 40.3. The Balaban J connectivity index is 1.27. The maximum Gasteiger partial charge on any atom is 0.298 e. The van der Waals surface area contributed by atoms with Crippen molar-refractivity contribution in [3.63, 3.8) is 0 Å². The van der Waals surface area contributed by atoms with Crippen molar-refractivity contribution >= 4 is 30.6 Å². The number of aromatic nitrogens is 10. The normalized spacial score (nSPS) is 24.0. The first-order valence-electron chi connectivity index (χ1n) is 18.4. The van der Waals surface area contributed by atoms with Crippen molar-refractivity contribution in [3.05, 3.63) is 32.1 Å². The second-order valence-electron chi connectivity index (χ2n) is 13.9. The summed E-state index contributed by atoms with van der Waals surface area (Å²) in [5.41, 5.74) is 0.796. The van der Waals surface area contributed by atoms with Crippen molar-refractivity contribution < 1.29 is 38.9 Å². The van der Waals surface area contributed by atoms with Crippen LogP contribution in [0.5, 0.6) is 0 Å². The number of ether oxygens (including phenoxy) is 2. The van der Waals surface area contributed by atoms with E-state index in [1.807, 2.05) is 46.2 Å². The molecule has 6 rings (SSSR count). The third-order valence-electron chi connectivity index (χ3n) is 9.50. The lowest BCUT2D eigenvalue weighted by atomic mass is 10.2. The number of fused-ring (bicyclic) bond motifs is 2. The van der Waals surface area contributed by atoms with Crippen LogP contribution in [0, 0.1) is 0 Å². The predicted octanol–water partition coefficient (Wildman–Crippen LogP) is 0.470. The van der Waals surface area contributed by atoms with Gasteiger partial charge >= 0.3 is 0 Å². The molecule has 54 heavy (non-hydrogen) atoms. The van der Waals surface area contributed by atoms with Crippen LogP contribution in [0.3, 0.4) is 0 Å². The van der Waals surface area contributed by atoms with E-state index >= 15 is 0 Å². The summed E-state index contributed by atoms with van der Waals surface area (Å²) in [5, 5.41) is 66.2. The van der Waals surface area contributed by atoms with Gasteiger partial charge in [-0.2, -0.15) is 19.6 Å². The lowest BCUT2D eigenvalue weighted by molar-refractivity contribution is -0.0562. The zero-order valence-electron chi connectivity index (χ0n) is 31.3. The molecule has 22 heteroatoms. The molecular formula is C32H50N11O10P. The fraction of sp³-hybridized carbons (Fsp3) is 0.750. The zero-order chi connectivity index (χ0) is 38.8. The molecule has 0 aromatic carbocycles. The highest BCUT2D eigenvalue weighted by Gasteiger charge is 2.46. The summed E-state index contributed by atoms with van der Waals surface area (Å²) >= 11 is 0. The topological polar surface area (TPSA) is 252 Å². The highest BCUT2D eigenvalue weighted by atomic mass is 31.2. The van der Waals surface area contributed by atoms with Crippen LogP contribution in [0.2, 0.25) is 0 Å². The summed E-state index contributed by atoms with van der Waals surface area (Å²) in [5.74, 6) is 0. The average molecular weight is 780 g/mol. The lowest BCUT2D eigenvalue weighted by Gasteiger charge is -2.38. The van der Waals surface area contributed by atoms with Gasteiger partial charge in [0.2, 0.25) is 0 Å². The molecule has 0 bridgehead atoms. The van der Waals surface area contributed by atoms with Crippen molar-refractivity contribution in [2.24, 2.45) is 0 Å². The molecule has 21 nitrogen and oxygen atoms in total. The molecule has 0 radical (unpaired) electrons. The van der Waals surface area contributed by atoms with E-state index in [9.17, 15) is 30.0 Å². The van der Waals surface area contributed by atoms with E-state index in [-0.39, 0.29) is 36.0 Å². The lowest BCUT2D eigenvalue weighted by Crippen LogP contribution is -2.38. The molecule has 2 aliphatic rings. The molecule has 6 heterocycles. The SMILES string of the molecule is CCCc1nn(CO)c2c(=O)n(C3CC(OP(OC4CC(n5nnc6c(CCC)nn(CO)c6c5=O)OC4CO)N(C(C)C)C(C)C)C(CO)O3)nnc12. The van der Waals surface area contributed by atoms with Crippen LogP contribution >= 0.6 is 8.53 Å². The van der Waals surface area contributed by atoms with Crippen LogP contribution in [-0.2, 0) is 44.8 Å². The molecule has 4 N–H and O–H groups in total. The van der Waals surface area contributed by atoms with Gasteiger partial charge in [-0.1, -0.05) is 37.1 Å². The van der Waals surface area contributed by atoms with Crippen LogP contribution in [0.25, 0.3) is 22.1 Å². The minimum Gasteiger partial charge on any atom is -0.394 e. The number of nitrogens with zero attached hydrogens (tertiary/aromatic N) is 11. The number of aliphatic hydroxyl groups excluding tert-OH is 4. The minimum atomic E-state index is -1.95. The average Bonchev–Trinajstić information content (AvgIpc) is 3.92. The summed E-state index contributed by atoms with van der Waals surface area (Å²) in [4.78, 5) is 27.4. The molecule has 0 saturated carbocycles.